The Bertz CT molecular complexity index is 435. The van der Waals surface area contributed by atoms with Gasteiger partial charge in [-0.3, -0.25) is 4.79 Å². The van der Waals surface area contributed by atoms with Crippen molar-refractivity contribution in [3.05, 3.63) is 29.6 Å². The first-order valence-corrected chi connectivity index (χ1v) is 5.02. The Kier molecular flexibility index (Phi) is 4.59. The van der Waals surface area contributed by atoms with Gasteiger partial charge in [-0.05, 0) is 25.2 Å². The van der Waals surface area contributed by atoms with Crippen LogP contribution in [-0.4, -0.2) is 30.6 Å². The van der Waals surface area contributed by atoms with Crippen molar-refractivity contribution in [2.24, 2.45) is 0 Å². The number of halogens is 1. The zero-order valence-corrected chi connectivity index (χ0v) is 9.29. The maximum absolute atomic E-state index is 12.9. The fourth-order valence-corrected chi connectivity index (χ4v) is 1.25. The van der Waals surface area contributed by atoms with E-state index in [0.717, 1.165) is 12.1 Å². The van der Waals surface area contributed by atoms with Gasteiger partial charge in [0.05, 0.1) is 11.3 Å². The van der Waals surface area contributed by atoms with Crippen molar-refractivity contribution in [1.82, 2.24) is 5.32 Å². The van der Waals surface area contributed by atoms with E-state index in [9.17, 15) is 14.0 Å². The highest BCUT2D eigenvalue weighted by molar-refractivity contribution is 6.00. The summed E-state index contributed by atoms with van der Waals surface area (Å²) in [4.78, 5) is 22.2. The summed E-state index contributed by atoms with van der Waals surface area (Å²) in [5, 5.41) is 14.1. The van der Waals surface area contributed by atoms with Crippen LogP contribution in [-0.2, 0) is 4.79 Å². The van der Waals surface area contributed by atoms with Gasteiger partial charge in [0, 0.05) is 13.0 Å². The van der Waals surface area contributed by atoms with Crippen molar-refractivity contribution in [2.75, 3.05) is 18.9 Å². The molecule has 0 unspecified atom stereocenters. The number of carboxylic acid groups (broad SMARTS) is 1. The van der Waals surface area contributed by atoms with E-state index in [4.69, 9.17) is 5.11 Å². The fraction of sp³-hybridized carbons (Fsp3) is 0.273. The summed E-state index contributed by atoms with van der Waals surface area (Å²) in [5.74, 6) is -2.27. The second-order valence-electron chi connectivity index (χ2n) is 3.40. The van der Waals surface area contributed by atoms with Gasteiger partial charge in [0.25, 0.3) is 0 Å². The van der Waals surface area contributed by atoms with Crippen LogP contribution in [0.4, 0.5) is 10.1 Å². The van der Waals surface area contributed by atoms with Crippen molar-refractivity contribution in [3.63, 3.8) is 0 Å². The number of carbonyl (C=O) groups is 2. The van der Waals surface area contributed by atoms with E-state index in [1.54, 1.807) is 7.05 Å². The summed E-state index contributed by atoms with van der Waals surface area (Å²) in [6, 6.07) is 3.20. The summed E-state index contributed by atoms with van der Waals surface area (Å²) in [6.07, 6.45) is 0.215. The Morgan fingerprint density at radius 1 is 1.41 bits per heavy atom. The second kappa shape index (κ2) is 5.95. The van der Waals surface area contributed by atoms with Gasteiger partial charge in [-0.25, -0.2) is 9.18 Å². The van der Waals surface area contributed by atoms with E-state index in [1.807, 2.05) is 0 Å². The highest BCUT2D eigenvalue weighted by Gasteiger charge is 2.13. The molecule has 0 spiro atoms. The fourth-order valence-electron chi connectivity index (χ4n) is 1.25. The Morgan fingerprint density at radius 3 is 2.71 bits per heavy atom. The molecule has 3 N–H and O–H groups in total. The second-order valence-corrected chi connectivity index (χ2v) is 3.40. The van der Waals surface area contributed by atoms with E-state index in [-0.39, 0.29) is 23.6 Å². The number of carboxylic acids is 1. The molecule has 0 aromatic heterocycles. The molecule has 1 amide bonds. The minimum atomic E-state index is -1.28. The molecule has 17 heavy (non-hydrogen) atoms. The summed E-state index contributed by atoms with van der Waals surface area (Å²) in [7, 11) is 1.70. The van der Waals surface area contributed by atoms with Crippen LogP contribution in [0.1, 0.15) is 16.8 Å². The maximum atomic E-state index is 12.9. The smallest absolute Gasteiger partial charge is 0.337 e. The van der Waals surface area contributed by atoms with Gasteiger partial charge >= 0.3 is 5.97 Å². The highest BCUT2D eigenvalue weighted by atomic mass is 19.1. The van der Waals surface area contributed by atoms with Crippen molar-refractivity contribution < 1.29 is 19.1 Å². The molecule has 1 rings (SSSR count). The van der Waals surface area contributed by atoms with Gasteiger partial charge in [-0.1, -0.05) is 0 Å². The lowest BCUT2D eigenvalue weighted by atomic mass is 10.1. The zero-order valence-electron chi connectivity index (χ0n) is 9.29. The topological polar surface area (TPSA) is 78.4 Å². The molecule has 0 saturated carbocycles. The molecule has 0 bridgehead atoms. The van der Waals surface area contributed by atoms with Crippen molar-refractivity contribution in [2.45, 2.75) is 6.42 Å². The summed E-state index contributed by atoms with van der Waals surface area (Å²) in [6.45, 7) is 0.482. The number of benzene rings is 1. The Labute approximate surface area is 97.6 Å². The molecular weight excluding hydrogens is 227 g/mol. The van der Waals surface area contributed by atoms with E-state index in [2.05, 4.69) is 10.6 Å². The summed E-state index contributed by atoms with van der Waals surface area (Å²) >= 11 is 0. The third-order valence-corrected chi connectivity index (χ3v) is 2.09. The molecule has 0 aliphatic carbocycles. The number of aromatic carboxylic acids is 1. The van der Waals surface area contributed by atoms with E-state index in [0.29, 0.717) is 6.54 Å². The zero-order chi connectivity index (χ0) is 12.8. The number of hydrogen-bond donors (Lipinski definition) is 3. The molecule has 1 aromatic rings. The molecule has 0 saturated heterocycles. The van der Waals surface area contributed by atoms with Crippen LogP contribution in [0.25, 0.3) is 0 Å². The van der Waals surface area contributed by atoms with Crippen molar-refractivity contribution in [3.8, 4) is 0 Å². The molecule has 0 heterocycles. The van der Waals surface area contributed by atoms with Gasteiger partial charge in [-0.15, -0.1) is 0 Å². The molecule has 0 aliphatic heterocycles. The predicted molar refractivity (Wildman–Crippen MR) is 60.5 cm³/mol. The van der Waals surface area contributed by atoms with Crippen LogP contribution >= 0.6 is 0 Å². The lowest BCUT2D eigenvalue weighted by Gasteiger charge is -2.08. The van der Waals surface area contributed by atoms with Crippen molar-refractivity contribution >= 4 is 17.6 Å². The maximum Gasteiger partial charge on any atom is 0.337 e. The minimum Gasteiger partial charge on any atom is -0.478 e. The lowest BCUT2D eigenvalue weighted by molar-refractivity contribution is -0.116. The third kappa shape index (κ3) is 3.84. The number of nitrogens with one attached hydrogen (secondary N) is 2. The molecular formula is C11H13FN2O3. The molecule has 1 aromatic carbocycles. The van der Waals surface area contributed by atoms with E-state index >= 15 is 0 Å². The molecule has 0 atom stereocenters. The van der Waals surface area contributed by atoms with Gasteiger partial charge in [-0.2, -0.15) is 0 Å². The van der Waals surface area contributed by atoms with E-state index in [1.165, 1.54) is 6.07 Å². The van der Waals surface area contributed by atoms with Crippen LogP contribution < -0.4 is 10.6 Å². The van der Waals surface area contributed by atoms with Gasteiger partial charge < -0.3 is 15.7 Å². The average Bonchev–Trinajstić information content (AvgIpc) is 2.28. The molecule has 0 fully saturated rings. The minimum absolute atomic E-state index is 0.0972. The number of anilines is 1. The number of hydrogen-bond acceptors (Lipinski definition) is 3. The average molecular weight is 240 g/mol. The Morgan fingerprint density at radius 2 is 2.12 bits per heavy atom. The molecule has 6 heteroatoms. The summed E-state index contributed by atoms with van der Waals surface area (Å²) < 4.78 is 12.9. The Hall–Kier alpha value is -1.95. The van der Waals surface area contributed by atoms with Crippen LogP contribution in [0.5, 0.6) is 0 Å². The summed E-state index contributed by atoms with van der Waals surface area (Å²) in [5.41, 5.74) is -0.164. The SMILES string of the molecule is CNCCC(=O)Nc1ccc(F)cc1C(=O)O. The quantitative estimate of drug-likeness (QED) is 0.719. The first-order valence-electron chi connectivity index (χ1n) is 5.02. The first-order chi connectivity index (χ1) is 8.04. The third-order valence-electron chi connectivity index (χ3n) is 2.09. The Balaban J connectivity index is 2.83. The molecule has 92 valence electrons. The predicted octanol–water partition coefficient (Wildman–Crippen LogP) is 1.07. The number of carbonyl (C=O) groups excluding carboxylic acids is 1. The van der Waals surface area contributed by atoms with Gasteiger partial charge in [0.2, 0.25) is 5.91 Å². The van der Waals surface area contributed by atoms with Crippen LogP contribution in [0.2, 0.25) is 0 Å². The van der Waals surface area contributed by atoms with E-state index < -0.39 is 11.8 Å². The number of amides is 1. The lowest BCUT2D eigenvalue weighted by Crippen LogP contribution is -2.20. The van der Waals surface area contributed by atoms with Crippen molar-refractivity contribution in [1.29, 1.82) is 0 Å². The molecule has 0 aliphatic rings. The standard InChI is InChI=1S/C11H13FN2O3/c1-13-5-4-10(15)14-9-3-2-7(12)6-8(9)11(16)17/h2-3,6,13H,4-5H2,1H3,(H,14,15)(H,16,17). The largest absolute Gasteiger partial charge is 0.478 e. The normalized spacial score (nSPS) is 10.0. The first kappa shape index (κ1) is 13.1. The van der Waals surface area contributed by atoms with Gasteiger partial charge in [0.1, 0.15) is 5.82 Å². The van der Waals surface area contributed by atoms with Crippen LogP contribution in [0, 0.1) is 5.82 Å². The molecule has 0 radical (unpaired) electrons. The monoisotopic (exact) mass is 240 g/mol. The van der Waals surface area contributed by atoms with Crippen LogP contribution in [0.3, 0.4) is 0 Å². The highest BCUT2D eigenvalue weighted by Crippen LogP contribution is 2.17. The number of rotatable bonds is 5. The van der Waals surface area contributed by atoms with Crippen LogP contribution in [0.15, 0.2) is 18.2 Å². The molecule has 5 nitrogen and oxygen atoms in total. The van der Waals surface area contributed by atoms with Gasteiger partial charge in [0.15, 0.2) is 0 Å².